The molecular weight excluding hydrogens is 496 g/mol. The number of hydrogen-bond donors (Lipinski definition) is 1. The van der Waals surface area contributed by atoms with Gasteiger partial charge < -0.3 is 9.72 Å². The van der Waals surface area contributed by atoms with Crippen molar-refractivity contribution in [3.63, 3.8) is 0 Å². The number of aromatic nitrogens is 4. The molecule has 0 saturated carbocycles. The van der Waals surface area contributed by atoms with Gasteiger partial charge in [0.05, 0.1) is 35.6 Å². The Hall–Kier alpha value is -4.15. The van der Waals surface area contributed by atoms with E-state index in [0.717, 1.165) is 6.07 Å². The van der Waals surface area contributed by atoms with E-state index in [1.54, 1.807) is 6.07 Å². The van der Waals surface area contributed by atoms with Crippen molar-refractivity contribution in [1.29, 1.82) is 5.26 Å². The molecule has 0 bridgehead atoms. The van der Waals surface area contributed by atoms with Gasteiger partial charge in [-0.25, -0.2) is 27.5 Å². The van der Waals surface area contributed by atoms with Crippen molar-refractivity contribution in [3.8, 4) is 17.6 Å². The van der Waals surface area contributed by atoms with Gasteiger partial charge in [-0.15, -0.1) is 0 Å². The quantitative estimate of drug-likeness (QED) is 0.473. The van der Waals surface area contributed by atoms with Crippen LogP contribution in [0.15, 0.2) is 28.0 Å². The Morgan fingerprint density at radius 1 is 1.14 bits per heavy atom. The fourth-order valence-corrected chi connectivity index (χ4v) is 3.39. The van der Waals surface area contributed by atoms with Crippen LogP contribution in [0, 0.1) is 32.1 Å². The third-order valence-corrected chi connectivity index (χ3v) is 5.13. The standard InChI is InChI=1S/C22H17F6N5O3/c1-9-4-12(6-29)5-13(18(23)24)15(9)36-16-17(22(27,28)21(25)26)30-8-33(20(16)35)7-14-10(2)31-11(3)32-19(14)34/h4-5,8,18,21H,7H2,1-3H3,(H,31,32,34). The van der Waals surface area contributed by atoms with Crippen molar-refractivity contribution in [2.45, 2.75) is 46.1 Å². The van der Waals surface area contributed by atoms with Crippen LogP contribution in [0.1, 0.15) is 45.9 Å². The van der Waals surface area contributed by atoms with Gasteiger partial charge in [0.15, 0.2) is 5.69 Å². The first kappa shape index (κ1) is 26.5. The zero-order valence-electron chi connectivity index (χ0n) is 18.9. The molecule has 0 atom stereocenters. The highest BCUT2D eigenvalue weighted by atomic mass is 19.3. The second-order valence-electron chi connectivity index (χ2n) is 7.72. The molecule has 0 unspecified atom stereocenters. The highest BCUT2D eigenvalue weighted by Gasteiger charge is 2.48. The molecular formula is C22H17F6N5O3. The summed E-state index contributed by atoms with van der Waals surface area (Å²) in [6, 6.07) is 3.44. The Morgan fingerprint density at radius 3 is 2.36 bits per heavy atom. The van der Waals surface area contributed by atoms with Crippen molar-refractivity contribution in [1.82, 2.24) is 19.5 Å². The van der Waals surface area contributed by atoms with Crippen LogP contribution >= 0.6 is 0 Å². The molecule has 0 spiro atoms. The maximum absolute atomic E-state index is 14.3. The Labute approximate surface area is 198 Å². The highest BCUT2D eigenvalue weighted by Crippen LogP contribution is 2.41. The van der Waals surface area contributed by atoms with Gasteiger partial charge in [-0.3, -0.25) is 14.2 Å². The van der Waals surface area contributed by atoms with Crippen molar-refractivity contribution in [2.75, 3.05) is 0 Å². The van der Waals surface area contributed by atoms with E-state index in [4.69, 9.17) is 10.00 Å². The summed E-state index contributed by atoms with van der Waals surface area (Å²) < 4.78 is 88.1. The van der Waals surface area contributed by atoms with Crippen LogP contribution in [0.5, 0.6) is 11.5 Å². The maximum atomic E-state index is 14.3. The summed E-state index contributed by atoms with van der Waals surface area (Å²) in [7, 11) is 0. The predicted octanol–water partition coefficient (Wildman–Crippen LogP) is 4.26. The molecule has 1 N–H and O–H groups in total. The molecule has 0 aliphatic heterocycles. The minimum Gasteiger partial charge on any atom is -0.449 e. The maximum Gasteiger partial charge on any atom is 0.352 e. The molecule has 36 heavy (non-hydrogen) atoms. The first-order chi connectivity index (χ1) is 16.8. The summed E-state index contributed by atoms with van der Waals surface area (Å²) in [6.07, 6.45) is -7.07. The monoisotopic (exact) mass is 513 g/mol. The lowest BCUT2D eigenvalue weighted by atomic mass is 10.1. The van der Waals surface area contributed by atoms with Crippen molar-refractivity contribution in [2.24, 2.45) is 0 Å². The molecule has 0 aliphatic rings. The summed E-state index contributed by atoms with van der Waals surface area (Å²) in [5.41, 5.74) is -5.04. The largest absolute Gasteiger partial charge is 0.449 e. The van der Waals surface area contributed by atoms with E-state index in [2.05, 4.69) is 15.0 Å². The van der Waals surface area contributed by atoms with Gasteiger partial charge in [0.25, 0.3) is 17.5 Å². The van der Waals surface area contributed by atoms with Crippen molar-refractivity contribution >= 4 is 0 Å². The average Bonchev–Trinajstić information content (AvgIpc) is 2.78. The minimum atomic E-state index is -4.99. The molecule has 0 radical (unpaired) electrons. The number of aryl methyl sites for hydroxylation is 3. The zero-order valence-corrected chi connectivity index (χ0v) is 18.9. The Morgan fingerprint density at radius 2 is 1.81 bits per heavy atom. The van der Waals surface area contributed by atoms with Crippen LogP contribution in [0.25, 0.3) is 0 Å². The Kier molecular flexibility index (Phi) is 7.23. The molecule has 3 aromatic rings. The molecule has 0 aliphatic carbocycles. The molecule has 8 nitrogen and oxygen atoms in total. The first-order valence-corrected chi connectivity index (χ1v) is 10.1. The van der Waals surface area contributed by atoms with Gasteiger partial charge >= 0.3 is 12.3 Å². The second kappa shape index (κ2) is 9.84. The number of rotatable bonds is 7. The van der Waals surface area contributed by atoms with Gasteiger partial charge in [-0.2, -0.15) is 14.0 Å². The lowest BCUT2D eigenvalue weighted by molar-refractivity contribution is -0.139. The van der Waals surface area contributed by atoms with Gasteiger partial charge in [0.1, 0.15) is 11.6 Å². The molecule has 2 heterocycles. The molecule has 3 rings (SSSR count). The summed E-state index contributed by atoms with van der Waals surface area (Å²) in [6.45, 7) is 3.58. The van der Waals surface area contributed by atoms with E-state index in [0.29, 0.717) is 17.0 Å². The molecule has 14 heteroatoms. The number of benzene rings is 1. The summed E-state index contributed by atoms with van der Waals surface area (Å²) >= 11 is 0. The van der Waals surface area contributed by atoms with Crippen LogP contribution in [0.3, 0.4) is 0 Å². The number of halogens is 6. The Balaban J connectivity index is 2.26. The predicted molar refractivity (Wildman–Crippen MR) is 113 cm³/mol. The molecule has 2 aromatic heterocycles. The van der Waals surface area contributed by atoms with Crippen LogP contribution < -0.4 is 15.9 Å². The third-order valence-electron chi connectivity index (χ3n) is 5.13. The lowest BCUT2D eigenvalue weighted by Crippen LogP contribution is -2.33. The lowest BCUT2D eigenvalue weighted by Gasteiger charge is -2.21. The van der Waals surface area contributed by atoms with E-state index in [-0.39, 0.29) is 28.2 Å². The number of nitrogens with one attached hydrogen (secondary N) is 1. The third kappa shape index (κ3) is 4.95. The molecule has 0 amide bonds. The molecule has 0 saturated heterocycles. The summed E-state index contributed by atoms with van der Waals surface area (Å²) in [4.78, 5) is 35.1. The van der Waals surface area contributed by atoms with Gasteiger partial charge in [-0.1, -0.05) is 0 Å². The minimum absolute atomic E-state index is 0.0633. The number of nitrogens with zero attached hydrogens (tertiary/aromatic N) is 4. The van der Waals surface area contributed by atoms with Gasteiger partial charge in [0, 0.05) is 5.69 Å². The van der Waals surface area contributed by atoms with Crippen molar-refractivity contribution in [3.05, 3.63) is 78.6 Å². The number of aromatic amines is 1. The van der Waals surface area contributed by atoms with Crippen LogP contribution in [-0.2, 0) is 12.5 Å². The van der Waals surface area contributed by atoms with E-state index in [9.17, 15) is 35.9 Å². The molecule has 1 aromatic carbocycles. The van der Waals surface area contributed by atoms with Gasteiger partial charge in [0.2, 0.25) is 5.75 Å². The molecule has 190 valence electrons. The van der Waals surface area contributed by atoms with E-state index < -0.39 is 59.2 Å². The Bertz CT molecular complexity index is 1480. The van der Waals surface area contributed by atoms with Crippen LogP contribution in [0.2, 0.25) is 0 Å². The van der Waals surface area contributed by atoms with Crippen LogP contribution in [-0.4, -0.2) is 25.9 Å². The van der Waals surface area contributed by atoms with Crippen molar-refractivity contribution < 1.29 is 31.1 Å². The van der Waals surface area contributed by atoms with E-state index >= 15 is 0 Å². The van der Waals surface area contributed by atoms with Crippen LogP contribution in [0.4, 0.5) is 26.3 Å². The average molecular weight is 513 g/mol. The summed E-state index contributed by atoms with van der Waals surface area (Å²) in [5, 5.41) is 9.03. The summed E-state index contributed by atoms with van der Waals surface area (Å²) in [5.74, 6) is -6.94. The number of alkyl halides is 6. The van der Waals surface area contributed by atoms with E-state index in [1.165, 1.54) is 20.8 Å². The van der Waals surface area contributed by atoms with Gasteiger partial charge in [-0.05, 0) is 38.5 Å². The van der Waals surface area contributed by atoms with E-state index in [1.807, 2.05) is 0 Å². The normalized spacial score (nSPS) is 11.7. The fourth-order valence-electron chi connectivity index (χ4n) is 3.39. The highest BCUT2D eigenvalue weighted by molar-refractivity contribution is 5.50. The second-order valence-corrected chi connectivity index (χ2v) is 7.72. The number of ether oxygens (including phenoxy) is 1. The molecule has 0 fully saturated rings. The fraction of sp³-hybridized carbons (Fsp3) is 0.318. The topological polar surface area (TPSA) is 114 Å². The number of H-pyrrole nitrogens is 1. The zero-order chi connectivity index (χ0) is 26.9. The smallest absolute Gasteiger partial charge is 0.352 e. The SMILES string of the molecule is Cc1nc(C)c(Cn2cnc(C(F)(F)C(F)F)c(Oc3c(C)cc(C#N)cc3C(F)F)c2=O)c(=O)[nH]1. The number of nitriles is 1. The first-order valence-electron chi connectivity index (χ1n) is 10.1. The number of hydrogen-bond acceptors (Lipinski definition) is 6.